The molecule has 0 amide bonds. The Bertz CT molecular complexity index is 1250. The molecule has 2 atom stereocenters. The largest absolute Gasteiger partial charge is 0.359 e. The summed E-state index contributed by atoms with van der Waals surface area (Å²) in [5.41, 5.74) is 2.75. The van der Waals surface area contributed by atoms with Crippen LogP contribution < -0.4 is 10.2 Å². The standard InChI is InChI=1S/C26H33N7O2/c1-17-16-27-12-6-13-33(17)22-15-20(19-9-14-32(2)30-19)28-25(29-22)23-18-7-5-11-26(24(18)35-31-23)10-4-3-8-21(26)34/h9,14-15,17,27H,3-8,10-13,16H2,1-2H3/t17-,26+/m0/s1. The second-order valence-corrected chi connectivity index (χ2v) is 10.3. The molecule has 0 bridgehead atoms. The van der Waals surface area contributed by atoms with E-state index >= 15 is 0 Å². The van der Waals surface area contributed by atoms with Gasteiger partial charge in [-0.1, -0.05) is 11.6 Å². The Morgan fingerprint density at radius 2 is 2.00 bits per heavy atom. The van der Waals surface area contributed by atoms with Gasteiger partial charge in [-0.2, -0.15) is 5.10 Å². The minimum Gasteiger partial charge on any atom is -0.359 e. The molecule has 6 rings (SSSR count). The molecular weight excluding hydrogens is 442 g/mol. The third-order valence-corrected chi connectivity index (χ3v) is 7.96. The van der Waals surface area contributed by atoms with Crippen molar-refractivity contribution in [3.63, 3.8) is 0 Å². The van der Waals surface area contributed by atoms with Crippen LogP contribution in [0.15, 0.2) is 22.9 Å². The SMILES string of the molecule is C[C@H]1CNCCCN1c1cc(-c2ccn(C)n2)nc(-c2noc3c2CCC[C@@]32CCCCC2=O)n1. The fourth-order valence-corrected chi connectivity index (χ4v) is 6.10. The topological polar surface area (TPSA) is 102 Å². The Morgan fingerprint density at radius 3 is 2.83 bits per heavy atom. The maximum absolute atomic E-state index is 13.1. The van der Waals surface area contributed by atoms with Crippen molar-refractivity contribution >= 4 is 11.6 Å². The average molecular weight is 476 g/mol. The number of nitrogens with one attached hydrogen (secondary N) is 1. The summed E-state index contributed by atoms with van der Waals surface area (Å²) in [5.74, 6) is 2.51. The minimum atomic E-state index is -0.510. The van der Waals surface area contributed by atoms with Gasteiger partial charge in [-0.15, -0.1) is 0 Å². The van der Waals surface area contributed by atoms with Crippen molar-refractivity contribution in [1.29, 1.82) is 0 Å². The first-order valence-electron chi connectivity index (χ1n) is 12.9. The van der Waals surface area contributed by atoms with Gasteiger partial charge in [0.05, 0.1) is 11.1 Å². The molecule has 2 aliphatic carbocycles. The monoisotopic (exact) mass is 475 g/mol. The number of fused-ring (bicyclic) bond motifs is 2. The molecule has 1 saturated heterocycles. The second kappa shape index (κ2) is 8.86. The van der Waals surface area contributed by atoms with Gasteiger partial charge in [-0.3, -0.25) is 9.48 Å². The Kier molecular flexibility index (Phi) is 5.67. The Morgan fingerprint density at radius 1 is 1.11 bits per heavy atom. The maximum atomic E-state index is 13.1. The number of hydrogen-bond donors (Lipinski definition) is 1. The average Bonchev–Trinajstić information content (AvgIpc) is 3.44. The first-order valence-corrected chi connectivity index (χ1v) is 12.9. The van der Waals surface area contributed by atoms with Crippen LogP contribution in [0.3, 0.4) is 0 Å². The summed E-state index contributed by atoms with van der Waals surface area (Å²) >= 11 is 0. The van der Waals surface area contributed by atoms with E-state index in [4.69, 9.17) is 14.5 Å². The molecule has 2 fully saturated rings. The van der Waals surface area contributed by atoms with Gasteiger partial charge in [0, 0.05) is 50.4 Å². The van der Waals surface area contributed by atoms with Crippen molar-refractivity contribution in [2.45, 2.75) is 69.7 Å². The third-order valence-electron chi connectivity index (χ3n) is 7.96. The third kappa shape index (κ3) is 3.86. The van der Waals surface area contributed by atoms with E-state index < -0.39 is 5.41 Å². The van der Waals surface area contributed by atoms with Gasteiger partial charge in [0.2, 0.25) is 0 Å². The Hall–Kier alpha value is -3.07. The summed E-state index contributed by atoms with van der Waals surface area (Å²) in [6.07, 6.45) is 9.12. The van der Waals surface area contributed by atoms with Crippen LogP contribution in [-0.2, 0) is 23.7 Å². The predicted molar refractivity (Wildman–Crippen MR) is 132 cm³/mol. The van der Waals surface area contributed by atoms with Crippen LogP contribution >= 0.6 is 0 Å². The molecule has 0 aromatic carbocycles. The molecule has 0 unspecified atom stereocenters. The van der Waals surface area contributed by atoms with Crippen LogP contribution in [0, 0.1) is 0 Å². The fraction of sp³-hybridized carbons (Fsp3) is 0.577. The molecule has 3 aromatic heterocycles. The molecule has 0 radical (unpaired) electrons. The highest BCUT2D eigenvalue weighted by atomic mass is 16.5. The summed E-state index contributed by atoms with van der Waals surface area (Å²) in [7, 11) is 1.91. The van der Waals surface area contributed by atoms with Gasteiger partial charge < -0.3 is 14.7 Å². The molecule has 184 valence electrons. The van der Waals surface area contributed by atoms with E-state index in [1.807, 2.05) is 25.4 Å². The molecule has 1 N–H and O–H groups in total. The molecule has 9 nitrogen and oxygen atoms in total. The second-order valence-electron chi connectivity index (χ2n) is 10.3. The van der Waals surface area contributed by atoms with Crippen LogP contribution in [-0.4, -0.2) is 56.4 Å². The van der Waals surface area contributed by atoms with Gasteiger partial charge in [-0.05, 0) is 58.1 Å². The Labute approximate surface area is 205 Å². The highest BCUT2D eigenvalue weighted by molar-refractivity contribution is 5.91. The zero-order valence-electron chi connectivity index (χ0n) is 20.6. The van der Waals surface area contributed by atoms with Crippen molar-refractivity contribution in [2.24, 2.45) is 7.05 Å². The van der Waals surface area contributed by atoms with Crippen LogP contribution in [0.4, 0.5) is 5.82 Å². The lowest BCUT2D eigenvalue weighted by molar-refractivity contribution is -0.128. The van der Waals surface area contributed by atoms with E-state index in [0.717, 1.165) is 93.1 Å². The molecule has 35 heavy (non-hydrogen) atoms. The minimum absolute atomic E-state index is 0.297. The molecule has 3 aromatic rings. The first-order chi connectivity index (χ1) is 17.0. The van der Waals surface area contributed by atoms with E-state index in [2.05, 4.69) is 27.4 Å². The van der Waals surface area contributed by atoms with E-state index in [0.29, 0.717) is 29.8 Å². The fourth-order valence-electron chi connectivity index (χ4n) is 6.10. The summed E-state index contributed by atoms with van der Waals surface area (Å²) in [4.78, 5) is 25.4. The maximum Gasteiger partial charge on any atom is 0.184 e. The first kappa shape index (κ1) is 22.4. The number of hydrogen-bond acceptors (Lipinski definition) is 8. The zero-order chi connectivity index (χ0) is 24.0. The smallest absolute Gasteiger partial charge is 0.184 e. The summed E-state index contributed by atoms with van der Waals surface area (Å²) in [5, 5.41) is 12.6. The molecule has 1 saturated carbocycles. The van der Waals surface area contributed by atoms with E-state index in [-0.39, 0.29) is 0 Å². The number of aromatic nitrogens is 5. The molecule has 4 heterocycles. The van der Waals surface area contributed by atoms with Gasteiger partial charge >= 0.3 is 0 Å². The van der Waals surface area contributed by atoms with Crippen LogP contribution in [0.1, 0.15) is 63.2 Å². The van der Waals surface area contributed by atoms with Crippen molar-refractivity contribution in [1.82, 2.24) is 30.2 Å². The van der Waals surface area contributed by atoms with E-state index in [9.17, 15) is 4.79 Å². The predicted octanol–water partition coefficient (Wildman–Crippen LogP) is 3.44. The number of aryl methyl sites for hydroxylation is 1. The van der Waals surface area contributed by atoms with E-state index in [1.54, 1.807) is 4.68 Å². The number of carbonyl (C=O) groups excluding carboxylic acids is 1. The van der Waals surface area contributed by atoms with Crippen molar-refractivity contribution in [3.8, 4) is 22.9 Å². The summed E-state index contributed by atoms with van der Waals surface area (Å²) in [6, 6.07) is 4.30. The summed E-state index contributed by atoms with van der Waals surface area (Å²) in [6.45, 7) is 5.04. The number of ketones is 1. The Balaban J connectivity index is 1.48. The van der Waals surface area contributed by atoms with Crippen molar-refractivity contribution < 1.29 is 9.32 Å². The quantitative estimate of drug-likeness (QED) is 0.615. The number of rotatable bonds is 3. The number of nitrogens with zero attached hydrogens (tertiary/aromatic N) is 6. The van der Waals surface area contributed by atoms with Crippen LogP contribution in [0.2, 0.25) is 0 Å². The van der Waals surface area contributed by atoms with Crippen LogP contribution in [0.5, 0.6) is 0 Å². The highest BCUT2D eigenvalue weighted by Crippen LogP contribution is 2.47. The number of Topliss-reactive ketones (excluding diaryl/α,β-unsaturated/α-hetero) is 1. The lowest BCUT2D eigenvalue weighted by atomic mass is 9.64. The molecule has 1 aliphatic heterocycles. The lowest BCUT2D eigenvalue weighted by Crippen LogP contribution is -2.41. The molecular formula is C26H33N7O2. The van der Waals surface area contributed by atoms with Crippen molar-refractivity contribution in [3.05, 3.63) is 29.7 Å². The highest BCUT2D eigenvalue weighted by Gasteiger charge is 2.48. The van der Waals surface area contributed by atoms with Crippen LogP contribution in [0.25, 0.3) is 22.9 Å². The molecule has 1 spiro atoms. The van der Waals surface area contributed by atoms with Gasteiger partial charge in [0.25, 0.3) is 0 Å². The van der Waals surface area contributed by atoms with Gasteiger partial charge in [0.1, 0.15) is 17.3 Å². The van der Waals surface area contributed by atoms with E-state index in [1.165, 1.54) is 0 Å². The molecule has 3 aliphatic rings. The number of anilines is 1. The van der Waals surface area contributed by atoms with Gasteiger partial charge in [0.15, 0.2) is 17.3 Å². The van der Waals surface area contributed by atoms with Crippen molar-refractivity contribution in [2.75, 3.05) is 24.5 Å². The number of carbonyl (C=O) groups is 1. The van der Waals surface area contributed by atoms with Gasteiger partial charge in [-0.25, -0.2) is 9.97 Å². The normalized spacial score (nSPS) is 25.0. The zero-order valence-corrected chi connectivity index (χ0v) is 20.6. The summed E-state index contributed by atoms with van der Waals surface area (Å²) < 4.78 is 7.77. The molecule has 9 heteroatoms. The lowest BCUT2D eigenvalue weighted by Gasteiger charge is -2.36.